The van der Waals surface area contributed by atoms with Gasteiger partial charge in [0.1, 0.15) is 16.3 Å². The van der Waals surface area contributed by atoms with Crippen LogP contribution in [0.15, 0.2) is 52.5 Å². The number of benzene rings is 1. The molecular weight excluding hydrogens is 328 g/mol. The molecule has 1 atom stereocenters. The van der Waals surface area contributed by atoms with Crippen molar-refractivity contribution in [2.75, 3.05) is 6.54 Å². The third kappa shape index (κ3) is 3.67. The second-order valence-corrected chi connectivity index (χ2v) is 7.01. The predicted octanol–water partition coefficient (Wildman–Crippen LogP) is 3.51. The lowest BCUT2D eigenvalue weighted by molar-refractivity contribution is 0.0529. The van der Waals surface area contributed by atoms with Crippen LogP contribution in [0.4, 0.5) is 0 Å². The monoisotopic (exact) mass is 344 g/mol. The molecule has 0 radical (unpaired) electrons. The summed E-state index contributed by atoms with van der Waals surface area (Å²) in [6.07, 6.45) is 0. The fourth-order valence-electron chi connectivity index (χ4n) is 2.11. The molecule has 0 saturated carbocycles. The first-order chi connectivity index (χ1) is 11.1. The number of amides is 1. The molecule has 2 heterocycles. The Labute approximate surface area is 142 Å². The predicted molar refractivity (Wildman–Crippen MR) is 93.8 cm³/mol. The highest BCUT2D eigenvalue weighted by Gasteiger charge is 2.25. The Morgan fingerprint density at radius 2 is 2.04 bits per heavy atom. The van der Waals surface area contributed by atoms with Crippen LogP contribution >= 0.6 is 22.7 Å². The molecule has 3 rings (SSSR count). The van der Waals surface area contributed by atoms with Crippen LogP contribution in [0.25, 0.3) is 10.6 Å². The number of nitrogens with zero attached hydrogens (tertiary/aromatic N) is 1. The highest BCUT2D eigenvalue weighted by Crippen LogP contribution is 2.24. The average Bonchev–Trinajstić information content (AvgIpc) is 3.25. The zero-order valence-electron chi connectivity index (χ0n) is 12.5. The Hall–Kier alpha value is -2.02. The quantitative estimate of drug-likeness (QED) is 0.744. The van der Waals surface area contributed by atoms with Crippen molar-refractivity contribution in [3.05, 3.63) is 63.8 Å². The molecule has 0 aliphatic carbocycles. The number of aromatic nitrogens is 1. The Morgan fingerprint density at radius 3 is 2.74 bits per heavy atom. The van der Waals surface area contributed by atoms with E-state index in [0.717, 1.165) is 16.1 Å². The Morgan fingerprint density at radius 1 is 1.26 bits per heavy atom. The first kappa shape index (κ1) is 15.9. The van der Waals surface area contributed by atoms with E-state index in [4.69, 9.17) is 0 Å². The van der Waals surface area contributed by atoms with Crippen molar-refractivity contribution < 1.29 is 9.90 Å². The van der Waals surface area contributed by atoms with Crippen molar-refractivity contribution in [3.63, 3.8) is 0 Å². The number of nitrogens with one attached hydrogen (secondary N) is 1. The zero-order chi connectivity index (χ0) is 16.3. The molecule has 0 fully saturated rings. The molecular formula is C17H16N2O2S2. The summed E-state index contributed by atoms with van der Waals surface area (Å²) in [6, 6.07) is 11.6. The lowest BCUT2D eigenvalue weighted by Gasteiger charge is -2.22. The highest BCUT2D eigenvalue weighted by atomic mass is 32.1. The molecule has 0 aliphatic rings. The maximum atomic E-state index is 12.2. The SMILES string of the molecule is CC(O)(CNC(=O)c1csc(-c2ccccc2)n1)c1ccsc1. The maximum absolute atomic E-state index is 12.2. The molecule has 1 amide bonds. The van der Waals surface area contributed by atoms with Gasteiger partial charge in [0.15, 0.2) is 0 Å². The van der Waals surface area contributed by atoms with E-state index in [9.17, 15) is 9.90 Å². The molecule has 6 heteroatoms. The van der Waals surface area contributed by atoms with Gasteiger partial charge >= 0.3 is 0 Å². The molecule has 1 unspecified atom stereocenters. The van der Waals surface area contributed by atoms with Gasteiger partial charge in [0.05, 0.1) is 6.54 Å². The fourth-order valence-corrected chi connectivity index (χ4v) is 3.70. The number of rotatable bonds is 5. The van der Waals surface area contributed by atoms with Gasteiger partial charge < -0.3 is 10.4 Å². The fraction of sp³-hybridized carbons (Fsp3) is 0.176. The van der Waals surface area contributed by atoms with E-state index in [-0.39, 0.29) is 12.5 Å². The Kier molecular flexibility index (Phi) is 4.56. The van der Waals surface area contributed by atoms with Crippen LogP contribution in [0.2, 0.25) is 0 Å². The second kappa shape index (κ2) is 6.62. The topological polar surface area (TPSA) is 62.2 Å². The van der Waals surface area contributed by atoms with E-state index in [1.807, 2.05) is 47.2 Å². The molecule has 118 valence electrons. The minimum absolute atomic E-state index is 0.140. The van der Waals surface area contributed by atoms with Gasteiger partial charge in [0, 0.05) is 10.9 Å². The molecule has 4 nitrogen and oxygen atoms in total. The summed E-state index contributed by atoms with van der Waals surface area (Å²) in [6.45, 7) is 1.83. The summed E-state index contributed by atoms with van der Waals surface area (Å²) >= 11 is 2.94. The normalized spacial score (nSPS) is 13.5. The van der Waals surface area contributed by atoms with E-state index in [0.29, 0.717) is 5.69 Å². The van der Waals surface area contributed by atoms with Crippen LogP contribution in [0.3, 0.4) is 0 Å². The minimum atomic E-state index is -1.09. The minimum Gasteiger partial charge on any atom is -0.384 e. The molecule has 2 aromatic heterocycles. The van der Waals surface area contributed by atoms with Crippen molar-refractivity contribution in [1.29, 1.82) is 0 Å². The second-order valence-electron chi connectivity index (χ2n) is 5.37. The van der Waals surface area contributed by atoms with Crippen molar-refractivity contribution in [2.24, 2.45) is 0 Å². The van der Waals surface area contributed by atoms with Crippen molar-refractivity contribution in [2.45, 2.75) is 12.5 Å². The lowest BCUT2D eigenvalue weighted by Crippen LogP contribution is -2.38. The summed E-state index contributed by atoms with van der Waals surface area (Å²) in [5.74, 6) is -0.279. The third-order valence-corrected chi connectivity index (χ3v) is 5.07. The largest absolute Gasteiger partial charge is 0.384 e. The summed E-state index contributed by atoms with van der Waals surface area (Å²) in [7, 11) is 0. The van der Waals surface area contributed by atoms with Gasteiger partial charge in [-0.3, -0.25) is 4.79 Å². The maximum Gasteiger partial charge on any atom is 0.270 e. The summed E-state index contributed by atoms with van der Waals surface area (Å²) < 4.78 is 0. The third-order valence-electron chi connectivity index (χ3n) is 3.49. The van der Waals surface area contributed by atoms with Crippen LogP contribution in [0.5, 0.6) is 0 Å². The molecule has 23 heavy (non-hydrogen) atoms. The summed E-state index contributed by atoms with van der Waals surface area (Å²) in [5, 5.41) is 19.5. The van der Waals surface area contributed by atoms with Gasteiger partial charge in [-0.1, -0.05) is 30.3 Å². The van der Waals surface area contributed by atoms with E-state index >= 15 is 0 Å². The average molecular weight is 344 g/mol. The van der Waals surface area contributed by atoms with Crippen molar-refractivity contribution >= 4 is 28.6 Å². The van der Waals surface area contributed by atoms with Crippen LogP contribution in [-0.2, 0) is 5.60 Å². The van der Waals surface area contributed by atoms with E-state index in [1.165, 1.54) is 22.7 Å². The number of carbonyl (C=O) groups is 1. The van der Waals surface area contributed by atoms with Crippen molar-refractivity contribution in [3.8, 4) is 10.6 Å². The van der Waals surface area contributed by atoms with Gasteiger partial charge in [-0.25, -0.2) is 4.98 Å². The summed E-state index contributed by atoms with van der Waals surface area (Å²) in [4.78, 5) is 16.6. The van der Waals surface area contributed by atoms with Crippen LogP contribution in [-0.4, -0.2) is 22.5 Å². The standard InChI is InChI=1S/C17H16N2O2S2/c1-17(21,13-7-8-22-9-13)11-18-15(20)14-10-23-16(19-14)12-5-3-2-4-6-12/h2-10,21H,11H2,1H3,(H,18,20). The van der Waals surface area contributed by atoms with Gasteiger partial charge in [-0.05, 0) is 29.3 Å². The molecule has 0 bridgehead atoms. The number of hydrogen-bond acceptors (Lipinski definition) is 5. The van der Waals surface area contributed by atoms with Gasteiger partial charge in [0.2, 0.25) is 0 Å². The number of aliphatic hydroxyl groups is 1. The number of thiazole rings is 1. The first-order valence-corrected chi connectivity index (χ1v) is 8.93. The molecule has 1 aromatic carbocycles. The van der Waals surface area contributed by atoms with E-state index in [2.05, 4.69) is 10.3 Å². The van der Waals surface area contributed by atoms with Crippen LogP contribution < -0.4 is 5.32 Å². The highest BCUT2D eigenvalue weighted by molar-refractivity contribution is 7.13. The number of carbonyl (C=O) groups excluding carboxylic acids is 1. The van der Waals surface area contributed by atoms with E-state index in [1.54, 1.807) is 12.3 Å². The van der Waals surface area contributed by atoms with Gasteiger partial charge in [-0.2, -0.15) is 11.3 Å². The molecule has 3 aromatic rings. The van der Waals surface area contributed by atoms with Crippen LogP contribution in [0, 0.1) is 0 Å². The molecule has 0 aliphatic heterocycles. The molecule has 0 spiro atoms. The van der Waals surface area contributed by atoms with Gasteiger partial charge in [-0.15, -0.1) is 11.3 Å². The van der Waals surface area contributed by atoms with Crippen molar-refractivity contribution in [1.82, 2.24) is 10.3 Å². The lowest BCUT2D eigenvalue weighted by atomic mass is 9.99. The van der Waals surface area contributed by atoms with Gasteiger partial charge in [0.25, 0.3) is 5.91 Å². The molecule has 2 N–H and O–H groups in total. The van der Waals surface area contributed by atoms with E-state index < -0.39 is 5.60 Å². The smallest absolute Gasteiger partial charge is 0.270 e. The Balaban J connectivity index is 1.66. The first-order valence-electron chi connectivity index (χ1n) is 7.10. The zero-order valence-corrected chi connectivity index (χ0v) is 14.2. The Bertz CT molecular complexity index is 780. The summed E-state index contributed by atoms with van der Waals surface area (Å²) in [5.41, 5.74) is 1.07. The molecule has 0 saturated heterocycles. The number of thiophene rings is 1. The number of hydrogen-bond donors (Lipinski definition) is 2. The van der Waals surface area contributed by atoms with Crippen LogP contribution in [0.1, 0.15) is 23.0 Å².